The third-order valence-corrected chi connectivity index (χ3v) is 5.14. The zero-order valence-corrected chi connectivity index (χ0v) is 17.7. The van der Waals surface area contributed by atoms with E-state index in [1.165, 1.54) is 6.07 Å². The third-order valence-electron chi connectivity index (χ3n) is 5.14. The number of carbonyl (C=O) groups is 4. The molecular weight excluding hydrogens is 393 g/mol. The number of phenols is 1. The van der Waals surface area contributed by atoms with Crippen molar-refractivity contribution in [2.75, 3.05) is 5.32 Å². The maximum atomic E-state index is 14.2. The number of phenolic OH excluding ortho intramolecular Hbond substituents is 1. The second-order valence-electron chi connectivity index (χ2n) is 8.09. The molecule has 2 rings (SSSR count). The number of benzene rings is 1. The number of nitrogens with one attached hydrogen (secondary N) is 1. The van der Waals surface area contributed by atoms with Gasteiger partial charge in [0.15, 0.2) is 6.17 Å². The molecule has 0 amide bonds. The molecule has 1 aliphatic heterocycles. The fraction of sp³-hybridized carbons (Fsp3) is 0.545. The normalized spacial score (nSPS) is 24.3. The highest BCUT2D eigenvalue weighted by molar-refractivity contribution is 6.64. The maximum Gasteiger partial charge on any atom is 0.342 e. The molecule has 30 heavy (non-hydrogen) atoms. The number of Topliss-reactive ketones (excluding diaryl/α,β-unsaturated/α-hetero) is 3. The minimum atomic E-state index is -2.13. The van der Waals surface area contributed by atoms with Crippen LogP contribution in [-0.4, -0.2) is 46.7 Å². The second-order valence-corrected chi connectivity index (χ2v) is 8.09. The van der Waals surface area contributed by atoms with Crippen LogP contribution in [0.1, 0.15) is 62.9 Å². The molecule has 2 N–H and O–H groups in total. The van der Waals surface area contributed by atoms with E-state index in [0.29, 0.717) is 11.3 Å². The average molecular weight is 421 g/mol. The number of hydrogen-bond donors (Lipinski definition) is 2. The van der Waals surface area contributed by atoms with E-state index < -0.39 is 41.5 Å². The molecule has 1 aromatic carbocycles. The first kappa shape index (κ1) is 23.5. The predicted molar refractivity (Wildman–Crippen MR) is 108 cm³/mol. The van der Waals surface area contributed by atoms with Gasteiger partial charge < -0.3 is 15.2 Å². The number of fused-ring (bicyclic) bond motifs is 1. The van der Waals surface area contributed by atoms with Crippen molar-refractivity contribution in [1.82, 2.24) is 0 Å². The molecule has 3 atom stereocenters. The molecule has 1 aliphatic rings. The zero-order valence-electron chi connectivity index (χ0n) is 17.7. The van der Waals surface area contributed by atoms with Gasteiger partial charge in [-0.25, -0.2) is 9.18 Å². The van der Waals surface area contributed by atoms with Crippen LogP contribution in [0.2, 0.25) is 0 Å². The third kappa shape index (κ3) is 5.64. The monoisotopic (exact) mass is 421 g/mol. The van der Waals surface area contributed by atoms with Crippen LogP contribution in [-0.2, 0) is 25.5 Å². The molecule has 8 heteroatoms. The Bertz CT molecular complexity index is 850. The van der Waals surface area contributed by atoms with Gasteiger partial charge in [-0.2, -0.15) is 0 Å². The Labute approximate surface area is 175 Å². The van der Waals surface area contributed by atoms with Crippen LogP contribution < -0.4 is 5.32 Å². The van der Waals surface area contributed by atoms with Gasteiger partial charge in [0, 0.05) is 24.2 Å². The van der Waals surface area contributed by atoms with Crippen LogP contribution in [0.3, 0.4) is 0 Å². The van der Waals surface area contributed by atoms with E-state index in [9.17, 15) is 28.7 Å². The van der Waals surface area contributed by atoms with Crippen LogP contribution in [0, 0.1) is 5.92 Å². The molecule has 0 saturated carbocycles. The van der Waals surface area contributed by atoms with Gasteiger partial charge in [-0.1, -0.05) is 6.92 Å². The highest BCUT2D eigenvalue weighted by Gasteiger charge is 2.33. The van der Waals surface area contributed by atoms with Crippen LogP contribution in [0.4, 0.5) is 10.1 Å². The van der Waals surface area contributed by atoms with E-state index in [2.05, 4.69) is 5.32 Å². The Hall–Kier alpha value is -2.77. The van der Waals surface area contributed by atoms with E-state index in [-0.39, 0.29) is 43.0 Å². The number of cyclic esters (lactones) is 1. The van der Waals surface area contributed by atoms with Crippen molar-refractivity contribution in [1.29, 1.82) is 0 Å². The standard InChI is InChI=1S/C22H28FNO6/c1-11(2)24-15-9-14-6-5-7-17(25)21(28)20(27)16(23)8-12(3)13(4)30-22(29)19(14)18(26)10-15/h9-13,16,24,26H,5-8H2,1-4H3/t12-,13-,16?/m0/s1. The summed E-state index contributed by atoms with van der Waals surface area (Å²) in [6.07, 6.45) is -3.21. The molecular formula is C22H28FNO6. The Morgan fingerprint density at radius 3 is 2.43 bits per heavy atom. The molecule has 1 aromatic rings. The lowest BCUT2D eigenvalue weighted by Gasteiger charge is -2.23. The number of rotatable bonds is 2. The van der Waals surface area contributed by atoms with Crippen LogP contribution in [0.25, 0.3) is 0 Å². The smallest absolute Gasteiger partial charge is 0.342 e. The van der Waals surface area contributed by atoms with E-state index in [1.807, 2.05) is 13.8 Å². The van der Waals surface area contributed by atoms with Crippen LogP contribution in [0.15, 0.2) is 12.1 Å². The average Bonchev–Trinajstić information content (AvgIpc) is 2.64. The Morgan fingerprint density at radius 2 is 1.80 bits per heavy atom. The number of aromatic hydroxyl groups is 1. The summed E-state index contributed by atoms with van der Waals surface area (Å²) >= 11 is 0. The summed E-state index contributed by atoms with van der Waals surface area (Å²) in [7, 11) is 0. The summed E-state index contributed by atoms with van der Waals surface area (Å²) in [5.74, 6) is -5.28. The topological polar surface area (TPSA) is 110 Å². The lowest BCUT2D eigenvalue weighted by molar-refractivity contribution is -0.146. The van der Waals surface area contributed by atoms with E-state index in [4.69, 9.17) is 4.74 Å². The molecule has 0 bridgehead atoms. The molecule has 7 nitrogen and oxygen atoms in total. The second kappa shape index (κ2) is 9.82. The summed E-state index contributed by atoms with van der Waals surface area (Å²) < 4.78 is 19.7. The first-order chi connectivity index (χ1) is 14.0. The van der Waals surface area contributed by atoms with Gasteiger partial charge in [0.2, 0.25) is 11.6 Å². The molecule has 164 valence electrons. The van der Waals surface area contributed by atoms with Gasteiger partial charge >= 0.3 is 5.97 Å². The van der Waals surface area contributed by atoms with E-state index >= 15 is 0 Å². The molecule has 0 aliphatic carbocycles. The highest BCUT2D eigenvalue weighted by atomic mass is 19.1. The van der Waals surface area contributed by atoms with Gasteiger partial charge in [-0.3, -0.25) is 14.4 Å². The number of ketones is 3. The quantitative estimate of drug-likeness (QED) is 0.557. The Kier molecular flexibility index (Phi) is 7.70. The zero-order chi connectivity index (χ0) is 22.6. The number of ether oxygens (including phenoxy) is 1. The van der Waals surface area contributed by atoms with E-state index in [1.54, 1.807) is 19.9 Å². The molecule has 0 radical (unpaired) electrons. The van der Waals surface area contributed by atoms with Crippen molar-refractivity contribution in [3.63, 3.8) is 0 Å². The summed E-state index contributed by atoms with van der Waals surface area (Å²) in [5, 5.41) is 13.6. The minimum absolute atomic E-state index is 0.0212. The number of aryl methyl sites for hydroxylation is 1. The van der Waals surface area contributed by atoms with Crippen molar-refractivity contribution in [2.24, 2.45) is 5.92 Å². The van der Waals surface area contributed by atoms with Crippen molar-refractivity contribution in [2.45, 2.75) is 71.7 Å². The molecule has 0 fully saturated rings. The number of hydrogen-bond acceptors (Lipinski definition) is 7. The predicted octanol–water partition coefficient (Wildman–Crippen LogP) is 3.17. The van der Waals surface area contributed by atoms with Crippen molar-refractivity contribution in [3.05, 3.63) is 23.3 Å². The Balaban J connectivity index is 2.43. The highest BCUT2D eigenvalue weighted by Crippen LogP contribution is 2.30. The molecule has 0 aromatic heterocycles. The van der Waals surface area contributed by atoms with E-state index in [0.717, 1.165) is 0 Å². The molecule has 1 unspecified atom stereocenters. The van der Waals surface area contributed by atoms with Crippen LogP contribution >= 0.6 is 0 Å². The largest absolute Gasteiger partial charge is 0.507 e. The molecule has 0 spiro atoms. The summed E-state index contributed by atoms with van der Waals surface area (Å²) in [4.78, 5) is 48.7. The van der Waals surface area contributed by atoms with Gasteiger partial charge in [-0.05, 0) is 57.6 Å². The number of alkyl halides is 1. The number of carbonyl (C=O) groups excluding carboxylic acids is 4. The lowest BCUT2D eigenvalue weighted by Crippen LogP contribution is -2.34. The first-order valence-corrected chi connectivity index (χ1v) is 10.1. The number of esters is 1. The van der Waals surface area contributed by atoms with Crippen molar-refractivity contribution >= 4 is 29.0 Å². The number of halogens is 1. The minimum Gasteiger partial charge on any atom is -0.507 e. The fourth-order valence-corrected chi connectivity index (χ4v) is 3.34. The van der Waals surface area contributed by atoms with Gasteiger partial charge in [-0.15, -0.1) is 0 Å². The van der Waals surface area contributed by atoms with Gasteiger partial charge in [0.1, 0.15) is 17.4 Å². The maximum absolute atomic E-state index is 14.2. The van der Waals surface area contributed by atoms with Gasteiger partial charge in [0.25, 0.3) is 5.78 Å². The first-order valence-electron chi connectivity index (χ1n) is 10.1. The fourth-order valence-electron chi connectivity index (χ4n) is 3.34. The van der Waals surface area contributed by atoms with Crippen molar-refractivity contribution < 1.29 is 33.4 Å². The lowest BCUT2D eigenvalue weighted by atomic mass is 9.93. The molecule has 0 saturated heterocycles. The SMILES string of the molecule is CC(C)Nc1cc(O)c2c(c1)CCCC(=O)C(=O)C(=O)C(F)C[C@H](C)[C@H](C)OC2=O. The summed E-state index contributed by atoms with van der Waals surface area (Å²) in [6, 6.07) is 3.18. The van der Waals surface area contributed by atoms with Crippen LogP contribution in [0.5, 0.6) is 5.75 Å². The summed E-state index contributed by atoms with van der Waals surface area (Å²) in [5.41, 5.74) is 1.02. The number of anilines is 1. The molecule has 1 heterocycles. The Morgan fingerprint density at radius 1 is 1.13 bits per heavy atom. The summed E-state index contributed by atoms with van der Waals surface area (Å²) in [6.45, 7) is 6.95. The van der Waals surface area contributed by atoms with Gasteiger partial charge in [0.05, 0.1) is 0 Å². The van der Waals surface area contributed by atoms with Crippen molar-refractivity contribution in [3.8, 4) is 5.75 Å².